The zero-order chi connectivity index (χ0) is 11.3. The molecule has 1 rings (SSSR count). The van der Waals surface area contributed by atoms with Crippen molar-refractivity contribution in [3.05, 3.63) is 16.6 Å². The summed E-state index contributed by atoms with van der Waals surface area (Å²) >= 11 is 1.64. The summed E-state index contributed by atoms with van der Waals surface area (Å²) in [5.74, 6) is 0.803. The van der Waals surface area contributed by atoms with Gasteiger partial charge in [-0.15, -0.1) is 11.3 Å². The third-order valence-corrected chi connectivity index (χ3v) is 2.39. The van der Waals surface area contributed by atoms with Crippen LogP contribution < -0.4 is 10.6 Å². The number of hydrogen-bond acceptors (Lipinski definition) is 3. The van der Waals surface area contributed by atoms with Crippen molar-refractivity contribution in [2.45, 2.75) is 32.9 Å². The molecule has 0 bridgehead atoms. The van der Waals surface area contributed by atoms with Gasteiger partial charge in [0.1, 0.15) is 5.01 Å². The molecule has 1 aromatic rings. The summed E-state index contributed by atoms with van der Waals surface area (Å²) < 4.78 is 0. The molecule has 15 heavy (non-hydrogen) atoms. The summed E-state index contributed by atoms with van der Waals surface area (Å²) in [4.78, 5) is 8.34. The van der Waals surface area contributed by atoms with Crippen molar-refractivity contribution in [3.63, 3.8) is 0 Å². The summed E-state index contributed by atoms with van der Waals surface area (Å²) in [5, 5.41) is 9.53. The maximum Gasteiger partial charge on any atom is 0.191 e. The van der Waals surface area contributed by atoms with Gasteiger partial charge in [0.2, 0.25) is 0 Å². The molecule has 0 radical (unpaired) electrons. The van der Waals surface area contributed by atoms with Gasteiger partial charge in [0.05, 0.1) is 6.54 Å². The minimum atomic E-state index is 0.0186. The van der Waals surface area contributed by atoms with Gasteiger partial charge in [-0.05, 0) is 20.8 Å². The maximum atomic E-state index is 4.19. The molecule has 4 nitrogen and oxygen atoms in total. The van der Waals surface area contributed by atoms with E-state index in [4.69, 9.17) is 0 Å². The molecule has 0 atom stereocenters. The quantitative estimate of drug-likeness (QED) is 0.595. The number of guanidine groups is 1. The lowest BCUT2D eigenvalue weighted by molar-refractivity contribution is 0.501. The molecule has 1 aromatic heterocycles. The van der Waals surface area contributed by atoms with Crippen LogP contribution >= 0.6 is 11.3 Å². The van der Waals surface area contributed by atoms with Gasteiger partial charge >= 0.3 is 0 Å². The van der Waals surface area contributed by atoms with Crippen molar-refractivity contribution in [2.24, 2.45) is 4.99 Å². The highest BCUT2D eigenvalue weighted by molar-refractivity contribution is 7.09. The molecule has 0 aliphatic rings. The van der Waals surface area contributed by atoms with Gasteiger partial charge in [-0.1, -0.05) is 0 Å². The van der Waals surface area contributed by atoms with E-state index in [1.807, 2.05) is 11.6 Å². The number of nitrogens with one attached hydrogen (secondary N) is 2. The van der Waals surface area contributed by atoms with Crippen LogP contribution in [0.3, 0.4) is 0 Å². The highest BCUT2D eigenvalue weighted by Gasteiger charge is 2.11. The Bertz CT molecular complexity index is 311. The number of aromatic nitrogens is 1. The van der Waals surface area contributed by atoms with E-state index in [0.29, 0.717) is 6.54 Å². The summed E-state index contributed by atoms with van der Waals surface area (Å²) in [6, 6.07) is 0. The molecule has 5 heteroatoms. The first kappa shape index (κ1) is 12.0. The van der Waals surface area contributed by atoms with Crippen LogP contribution in [0.1, 0.15) is 25.8 Å². The molecule has 0 aromatic carbocycles. The molecule has 2 N–H and O–H groups in total. The van der Waals surface area contributed by atoms with Gasteiger partial charge in [0, 0.05) is 24.2 Å². The van der Waals surface area contributed by atoms with E-state index in [0.717, 1.165) is 11.0 Å². The molecule has 0 saturated carbocycles. The van der Waals surface area contributed by atoms with E-state index in [-0.39, 0.29) is 5.54 Å². The zero-order valence-electron chi connectivity index (χ0n) is 9.66. The SMILES string of the molecule is CN=C(NCc1nccs1)NC(C)(C)C. The van der Waals surface area contributed by atoms with Crippen molar-refractivity contribution in [1.82, 2.24) is 15.6 Å². The Hall–Kier alpha value is -1.10. The van der Waals surface area contributed by atoms with Crippen LogP contribution in [-0.4, -0.2) is 23.5 Å². The summed E-state index contributed by atoms with van der Waals surface area (Å²) in [7, 11) is 1.77. The fourth-order valence-corrected chi connectivity index (χ4v) is 1.59. The van der Waals surface area contributed by atoms with Gasteiger partial charge < -0.3 is 10.6 Å². The van der Waals surface area contributed by atoms with Crippen molar-refractivity contribution in [1.29, 1.82) is 0 Å². The fraction of sp³-hybridized carbons (Fsp3) is 0.600. The van der Waals surface area contributed by atoms with Crippen LogP contribution in [0.4, 0.5) is 0 Å². The third kappa shape index (κ3) is 4.78. The Kier molecular flexibility index (Phi) is 4.08. The average Bonchev–Trinajstić information content (AvgIpc) is 2.62. The molecule has 0 aliphatic heterocycles. The molecule has 0 spiro atoms. The minimum absolute atomic E-state index is 0.0186. The number of aliphatic imine (C=N–C) groups is 1. The van der Waals surface area contributed by atoms with Crippen LogP contribution in [0.2, 0.25) is 0 Å². The lowest BCUT2D eigenvalue weighted by Gasteiger charge is -2.23. The van der Waals surface area contributed by atoms with Gasteiger partial charge in [-0.25, -0.2) is 4.98 Å². The number of nitrogens with zero attached hydrogens (tertiary/aromatic N) is 2. The van der Waals surface area contributed by atoms with Gasteiger partial charge in [-0.3, -0.25) is 4.99 Å². The highest BCUT2D eigenvalue weighted by atomic mass is 32.1. The predicted molar refractivity (Wildman–Crippen MR) is 65.2 cm³/mol. The Morgan fingerprint density at radius 3 is 2.73 bits per heavy atom. The molecule has 0 fully saturated rings. The van der Waals surface area contributed by atoms with Crippen LogP contribution in [0.25, 0.3) is 0 Å². The second-order valence-corrected chi connectivity index (χ2v) is 5.21. The molecule has 0 amide bonds. The fourth-order valence-electron chi connectivity index (χ4n) is 1.03. The lowest BCUT2D eigenvalue weighted by atomic mass is 10.1. The Balaban J connectivity index is 2.42. The number of thiazole rings is 1. The first-order chi connectivity index (χ1) is 7.01. The summed E-state index contributed by atoms with van der Waals surface area (Å²) in [5.41, 5.74) is 0.0186. The average molecular weight is 226 g/mol. The van der Waals surface area contributed by atoms with Crippen molar-refractivity contribution in [2.75, 3.05) is 7.05 Å². The zero-order valence-corrected chi connectivity index (χ0v) is 10.5. The minimum Gasteiger partial charge on any atom is -0.352 e. The van der Waals surface area contributed by atoms with E-state index in [9.17, 15) is 0 Å². The second-order valence-electron chi connectivity index (χ2n) is 4.23. The van der Waals surface area contributed by atoms with Crippen LogP contribution in [0.5, 0.6) is 0 Å². The van der Waals surface area contributed by atoms with Crippen molar-refractivity contribution >= 4 is 17.3 Å². The number of hydrogen-bond donors (Lipinski definition) is 2. The van der Waals surface area contributed by atoms with Gasteiger partial charge in [0.25, 0.3) is 0 Å². The van der Waals surface area contributed by atoms with Gasteiger partial charge in [-0.2, -0.15) is 0 Å². The van der Waals surface area contributed by atoms with Crippen LogP contribution in [0, 0.1) is 0 Å². The second kappa shape index (κ2) is 5.11. The molecular formula is C10H18N4S. The van der Waals surface area contributed by atoms with E-state index in [1.165, 1.54) is 0 Å². The Labute approximate surface area is 94.8 Å². The summed E-state index contributed by atoms with van der Waals surface area (Å²) in [6.07, 6.45) is 1.81. The van der Waals surface area contributed by atoms with Crippen LogP contribution in [0.15, 0.2) is 16.6 Å². The molecule has 1 heterocycles. The molecular weight excluding hydrogens is 208 g/mol. The Morgan fingerprint density at radius 1 is 1.53 bits per heavy atom. The first-order valence-corrected chi connectivity index (χ1v) is 5.76. The highest BCUT2D eigenvalue weighted by Crippen LogP contribution is 2.03. The maximum absolute atomic E-state index is 4.19. The van der Waals surface area contributed by atoms with Crippen molar-refractivity contribution < 1.29 is 0 Å². The monoisotopic (exact) mass is 226 g/mol. The molecule has 84 valence electrons. The third-order valence-electron chi connectivity index (χ3n) is 1.61. The lowest BCUT2D eigenvalue weighted by Crippen LogP contribution is -2.47. The van der Waals surface area contributed by atoms with Gasteiger partial charge in [0.15, 0.2) is 5.96 Å². The van der Waals surface area contributed by atoms with E-state index in [1.54, 1.807) is 18.4 Å². The van der Waals surface area contributed by atoms with E-state index < -0.39 is 0 Å². The molecule has 0 aliphatic carbocycles. The smallest absolute Gasteiger partial charge is 0.191 e. The summed E-state index contributed by atoms with van der Waals surface area (Å²) in [6.45, 7) is 7.02. The standard InChI is InChI=1S/C10H18N4S/c1-10(2,3)14-9(11-4)13-7-8-12-5-6-15-8/h5-6H,7H2,1-4H3,(H2,11,13,14). The van der Waals surface area contributed by atoms with Crippen molar-refractivity contribution in [3.8, 4) is 0 Å². The van der Waals surface area contributed by atoms with E-state index >= 15 is 0 Å². The number of rotatable bonds is 2. The largest absolute Gasteiger partial charge is 0.352 e. The predicted octanol–water partition coefficient (Wildman–Crippen LogP) is 1.61. The first-order valence-electron chi connectivity index (χ1n) is 4.88. The topological polar surface area (TPSA) is 49.3 Å². The van der Waals surface area contributed by atoms with Crippen LogP contribution in [-0.2, 0) is 6.54 Å². The molecule has 0 unspecified atom stereocenters. The van der Waals surface area contributed by atoms with E-state index in [2.05, 4.69) is 41.4 Å². The molecule has 0 saturated heterocycles. The Morgan fingerprint density at radius 2 is 2.27 bits per heavy atom. The normalized spacial score (nSPS) is 12.7.